The molecule has 0 unspecified atom stereocenters. The van der Waals surface area contributed by atoms with Gasteiger partial charge in [-0.1, -0.05) is 11.6 Å². The standard InChI is InChI=1S/C14H22ClN3O4S/c1-21-13-10-12(16)11(15)9-14(13)23(19,20)17-3-2-4-18-5-7-22-8-6-18/h9-10,17H,2-8,16H2,1H3. The number of nitrogens with two attached hydrogens (primary N) is 1. The number of sulfonamides is 1. The van der Waals surface area contributed by atoms with Gasteiger partial charge in [0, 0.05) is 25.7 Å². The second-order valence-electron chi connectivity index (χ2n) is 5.23. The molecule has 0 bridgehead atoms. The van der Waals surface area contributed by atoms with E-state index in [9.17, 15) is 8.42 Å². The highest BCUT2D eigenvalue weighted by atomic mass is 35.5. The van der Waals surface area contributed by atoms with Crippen molar-refractivity contribution in [1.29, 1.82) is 0 Å². The Labute approximate surface area is 141 Å². The summed E-state index contributed by atoms with van der Waals surface area (Å²) < 4.78 is 37.7. The fraction of sp³-hybridized carbons (Fsp3) is 0.571. The Morgan fingerprint density at radius 2 is 2.09 bits per heavy atom. The maximum absolute atomic E-state index is 12.4. The fourth-order valence-corrected chi connectivity index (χ4v) is 3.81. The number of anilines is 1. The lowest BCUT2D eigenvalue weighted by molar-refractivity contribution is 0.0376. The van der Waals surface area contributed by atoms with Gasteiger partial charge in [0.2, 0.25) is 10.0 Å². The van der Waals surface area contributed by atoms with Gasteiger partial charge in [-0.05, 0) is 19.0 Å². The average molecular weight is 364 g/mol. The predicted octanol–water partition coefficient (Wildman–Crippen LogP) is 0.931. The van der Waals surface area contributed by atoms with Crippen LogP contribution in [0.3, 0.4) is 0 Å². The summed E-state index contributed by atoms with van der Waals surface area (Å²) in [6.07, 6.45) is 0.713. The largest absolute Gasteiger partial charge is 0.495 e. The number of nitrogens with zero attached hydrogens (tertiary/aromatic N) is 1. The molecule has 1 saturated heterocycles. The Bertz CT molecular complexity index is 633. The quantitative estimate of drug-likeness (QED) is 0.553. The Balaban J connectivity index is 1.94. The molecule has 0 aromatic heterocycles. The van der Waals surface area contributed by atoms with Gasteiger partial charge < -0.3 is 15.2 Å². The number of morpholine rings is 1. The molecule has 0 radical (unpaired) electrons. The molecule has 1 heterocycles. The molecule has 3 N–H and O–H groups in total. The van der Waals surface area contributed by atoms with Crippen LogP contribution in [0.15, 0.2) is 17.0 Å². The average Bonchev–Trinajstić information content (AvgIpc) is 2.54. The Morgan fingerprint density at radius 1 is 1.39 bits per heavy atom. The van der Waals surface area contributed by atoms with Crippen molar-refractivity contribution >= 4 is 27.3 Å². The van der Waals surface area contributed by atoms with E-state index in [4.69, 9.17) is 26.8 Å². The predicted molar refractivity (Wildman–Crippen MR) is 89.5 cm³/mol. The molecular formula is C14H22ClN3O4S. The summed E-state index contributed by atoms with van der Waals surface area (Å²) in [6.45, 7) is 4.39. The Morgan fingerprint density at radius 3 is 2.74 bits per heavy atom. The van der Waals surface area contributed by atoms with Crippen LogP contribution in [0.2, 0.25) is 5.02 Å². The number of hydrogen-bond acceptors (Lipinski definition) is 6. The number of nitrogen functional groups attached to an aromatic ring is 1. The first-order valence-corrected chi connectivity index (χ1v) is 9.23. The van der Waals surface area contributed by atoms with Crippen LogP contribution >= 0.6 is 11.6 Å². The maximum Gasteiger partial charge on any atom is 0.244 e. The first-order valence-electron chi connectivity index (χ1n) is 7.37. The van der Waals surface area contributed by atoms with Crippen molar-refractivity contribution in [3.8, 4) is 5.75 Å². The van der Waals surface area contributed by atoms with E-state index in [-0.39, 0.29) is 21.4 Å². The third-order valence-electron chi connectivity index (χ3n) is 3.62. The molecule has 1 fully saturated rings. The molecule has 9 heteroatoms. The van der Waals surface area contributed by atoms with Gasteiger partial charge in [0.1, 0.15) is 10.6 Å². The lowest BCUT2D eigenvalue weighted by Crippen LogP contribution is -2.38. The Hall–Kier alpha value is -1.06. The minimum absolute atomic E-state index is 0.00873. The molecule has 1 aliphatic heterocycles. The highest BCUT2D eigenvalue weighted by molar-refractivity contribution is 7.89. The zero-order valence-corrected chi connectivity index (χ0v) is 14.6. The second-order valence-corrected chi connectivity index (χ2v) is 7.37. The van der Waals surface area contributed by atoms with Gasteiger partial charge in [0.15, 0.2) is 0 Å². The van der Waals surface area contributed by atoms with E-state index in [0.29, 0.717) is 13.0 Å². The van der Waals surface area contributed by atoms with Crippen LogP contribution in [0.25, 0.3) is 0 Å². The summed E-state index contributed by atoms with van der Waals surface area (Å²) in [5.74, 6) is 0.174. The van der Waals surface area contributed by atoms with Crippen molar-refractivity contribution in [1.82, 2.24) is 9.62 Å². The van der Waals surface area contributed by atoms with E-state index in [0.717, 1.165) is 32.8 Å². The molecule has 7 nitrogen and oxygen atoms in total. The van der Waals surface area contributed by atoms with E-state index >= 15 is 0 Å². The molecule has 1 aliphatic rings. The normalized spacial score (nSPS) is 16.4. The van der Waals surface area contributed by atoms with Crippen molar-refractivity contribution in [2.45, 2.75) is 11.3 Å². The summed E-state index contributed by atoms with van der Waals surface area (Å²) in [5, 5.41) is 0.180. The second kappa shape index (κ2) is 8.16. The highest BCUT2D eigenvalue weighted by Gasteiger charge is 2.21. The maximum atomic E-state index is 12.4. The molecule has 23 heavy (non-hydrogen) atoms. The number of benzene rings is 1. The topological polar surface area (TPSA) is 93.9 Å². The molecule has 0 amide bonds. The molecule has 0 spiro atoms. The van der Waals surface area contributed by atoms with E-state index in [2.05, 4.69) is 9.62 Å². The van der Waals surface area contributed by atoms with Gasteiger partial charge in [0.25, 0.3) is 0 Å². The molecule has 130 valence electrons. The van der Waals surface area contributed by atoms with Gasteiger partial charge in [-0.15, -0.1) is 0 Å². The van der Waals surface area contributed by atoms with Gasteiger partial charge in [-0.3, -0.25) is 4.90 Å². The van der Waals surface area contributed by atoms with Gasteiger partial charge >= 0.3 is 0 Å². The van der Waals surface area contributed by atoms with Crippen molar-refractivity contribution < 1.29 is 17.9 Å². The molecule has 2 rings (SSSR count). The summed E-state index contributed by atoms with van der Waals surface area (Å²) in [7, 11) is -2.31. The van der Waals surface area contributed by atoms with Crippen LogP contribution in [0.4, 0.5) is 5.69 Å². The number of rotatable bonds is 7. The van der Waals surface area contributed by atoms with Crippen LogP contribution in [-0.4, -0.2) is 59.8 Å². The Kier molecular flexibility index (Phi) is 6.49. The fourth-order valence-electron chi connectivity index (χ4n) is 2.33. The van der Waals surface area contributed by atoms with Crippen molar-refractivity contribution in [3.05, 3.63) is 17.2 Å². The SMILES string of the molecule is COc1cc(N)c(Cl)cc1S(=O)(=O)NCCCN1CCOCC1. The lowest BCUT2D eigenvalue weighted by Gasteiger charge is -2.26. The molecule has 0 atom stereocenters. The molecule has 1 aromatic rings. The smallest absolute Gasteiger partial charge is 0.244 e. The van der Waals surface area contributed by atoms with E-state index in [1.165, 1.54) is 19.2 Å². The number of ether oxygens (including phenoxy) is 2. The van der Waals surface area contributed by atoms with E-state index in [1.807, 2.05) is 0 Å². The zero-order chi connectivity index (χ0) is 16.9. The summed E-state index contributed by atoms with van der Waals surface area (Å²) in [4.78, 5) is 2.24. The van der Waals surface area contributed by atoms with Gasteiger partial charge in [-0.2, -0.15) is 0 Å². The first-order chi connectivity index (χ1) is 10.9. The molecule has 1 aromatic carbocycles. The van der Waals surface area contributed by atoms with Crippen LogP contribution < -0.4 is 15.2 Å². The van der Waals surface area contributed by atoms with Gasteiger partial charge in [-0.25, -0.2) is 13.1 Å². The van der Waals surface area contributed by atoms with Crippen molar-refractivity contribution in [3.63, 3.8) is 0 Å². The summed E-state index contributed by atoms with van der Waals surface area (Å²) >= 11 is 5.92. The number of halogens is 1. The molecular weight excluding hydrogens is 342 g/mol. The van der Waals surface area contributed by atoms with E-state index in [1.54, 1.807) is 0 Å². The van der Waals surface area contributed by atoms with Crippen LogP contribution in [-0.2, 0) is 14.8 Å². The van der Waals surface area contributed by atoms with Gasteiger partial charge in [0.05, 0.1) is 31.0 Å². The third-order valence-corrected chi connectivity index (χ3v) is 5.43. The zero-order valence-electron chi connectivity index (χ0n) is 13.0. The summed E-state index contributed by atoms with van der Waals surface area (Å²) in [6, 6.07) is 2.71. The third kappa shape index (κ3) is 4.95. The van der Waals surface area contributed by atoms with Crippen LogP contribution in [0, 0.1) is 0 Å². The first kappa shape index (κ1) is 18.3. The van der Waals surface area contributed by atoms with Crippen molar-refractivity contribution in [2.75, 3.05) is 52.2 Å². The van der Waals surface area contributed by atoms with E-state index < -0.39 is 10.0 Å². The number of hydrogen-bond donors (Lipinski definition) is 2. The van der Waals surface area contributed by atoms with Crippen LogP contribution in [0.5, 0.6) is 5.75 Å². The summed E-state index contributed by atoms with van der Waals surface area (Å²) in [5.41, 5.74) is 5.94. The minimum Gasteiger partial charge on any atom is -0.495 e. The molecule has 0 saturated carbocycles. The van der Waals surface area contributed by atoms with Crippen LogP contribution in [0.1, 0.15) is 6.42 Å². The lowest BCUT2D eigenvalue weighted by atomic mass is 10.3. The minimum atomic E-state index is -3.70. The number of methoxy groups -OCH3 is 1. The molecule has 0 aliphatic carbocycles. The van der Waals surface area contributed by atoms with Crippen molar-refractivity contribution in [2.24, 2.45) is 0 Å². The number of nitrogens with one attached hydrogen (secondary N) is 1. The monoisotopic (exact) mass is 363 g/mol. The highest BCUT2D eigenvalue weighted by Crippen LogP contribution is 2.31.